The number of hydrogen-bond donors (Lipinski definition) is 3. The maximum atomic E-state index is 9.00. The Morgan fingerprint density at radius 3 is 1.62 bits per heavy atom. The standard InChI is InChI=1S/C5H5N.C2H4O2.H4N2.H2O/c1-2-4-6-5-3-1;1-2(3)4;1-2;/h1-5H;1H3,(H,3,4);1-2H2;1H2. The van der Waals surface area contributed by atoms with E-state index < -0.39 is 5.97 Å². The van der Waals surface area contributed by atoms with Crippen molar-refractivity contribution in [2.24, 2.45) is 11.7 Å². The second kappa shape index (κ2) is 16.8. The van der Waals surface area contributed by atoms with Gasteiger partial charge in [-0.1, -0.05) is 6.07 Å². The Hall–Kier alpha value is -1.50. The van der Waals surface area contributed by atoms with E-state index in [0.29, 0.717) is 0 Å². The highest BCUT2D eigenvalue weighted by Gasteiger charge is 1.65. The first-order chi connectivity index (χ1) is 5.73. The summed E-state index contributed by atoms with van der Waals surface area (Å²) in [5, 5.41) is 7.42. The summed E-state index contributed by atoms with van der Waals surface area (Å²) in [7, 11) is 0. The molecule has 0 unspecified atom stereocenters. The number of nitrogens with two attached hydrogens (primary N) is 2. The first-order valence-electron chi connectivity index (χ1n) is 3.11. The van der Waals surface area contributed by atoms with E-state index in [1.165, 1.54) is 0 Å². The number of carboxylic acid groups (broad SMARTS) is 1. The zero-order valence-corrected chi connectivity index (χ0v) is 7.34. The molecule has 1 aromatic rings. The SMILES string of the molecule is CC(=O)O.NN.O.c1ccncc1. The van der Waals surface area contributed by atoms with Crippen LogP contribution in [0.3, 0.4) is 0 Å². The van der Waals surface area contributed by atoms with Crippen molar-refractivity contribution in [3.8, 4) is 0 Å². The Balaban J connectivity index is -0.000000128. The van der Waals surface area contributed by atoms with Gasteiger partial charge in [-0.05, 0) is 12.1 Å². The maximum Gasteiger partial charge on any atom is 0.300 e. The largest absolute Gasteiger partial charge is 0.481 e. The van der Waals surface area contributed by atoms with E-state index in [4.69, 9.17) is 9.90 Å². The number of aliphatic carboxylic acids is 1. The van der Waals surface area contributed by atoms with Crippen LogP contribution in [0.1, 0.15) is 6.92 Å². The number of nitrogens with zero attached hydrogens (tertiary/aromatic N) is 1. The van der Waals surface area contributed by atoms with Gasteiger partial charge in [-0.25, -0.2) is 0 Å². The first kappa shape index (κ1) is 17.5. The number of carbonyl (C=O) groups is 1. The lowest BCUT2D eigenvalue weighted by atomic mass is 10.5. The molecule has 13 heavy (non-hydrogen) atoms. The molecule has 6 nitrogen and oxygen atoms in total. The third kappa shape index (κ3) is 37.5. The van der Waals surface area contributed by atoms with Crippen LogP contribution in [0.15, 0.2) is 30.6 Å². The highest BCUT2D eigenvalue weighted by Crippen LogP contribution is 1.73. The van der Waals surface area contributed by atoms with Crippen LogP contribution in [0.25, 0.3) is 0 Å². The number of carboxylic acids is 1. The van der Waals surface area contributed by atoms with Crippen LogP contribution in [0.2, 0.25) is 0 Å². The fraction of sp³-hybridized carbons (Fsp3) is 0.143. The third-order valence-electron chi connectivity index (χ3n) is 0.566. The molecule has 0 bridgehead atoms. The summed E-state index contributed by atoms with van der Waals surface area (Å²) in [5.41, 5.74) is 0. The van der Waals surface area contributed by atoms with Crippen molar-refractivity contribution in [1.29, 1.82) is 0 Å². The molecule has 6 heteroatoms. The Morgan fingerprint density at radius 1 is 1.23 bits per heavy atom. The van der Waals surface area contributed by atoms with Gasteiger partial charge in [0.1, 0.15) is 0 Å². The van der Waals surface area contributed by atoms with Crippen LogP contribution >= 0.6 is 0 Å². The predicted octanol–water partition coefficient (Wildman–Crippen LogP) is -0.833. The zero-order chi connectivity index (χ0) is 9.82. The van der Waals surface area contributed by atoms with E-state index in [-0.39, 0.29) is 5.48 Å². The van der Waals surface area contributed by atoms with Crippen molar-refractivity contribution in [2.45, 2.75) is 6.92 Å². The van der Waals surface area contributed by atoms with Crippen molar-refractivity contribution >= 4 is 5.97 Å². The summed E-state index contributed by atoms with van der Waals surface area (Å²) < 4.78 is 0. The topological polar surface area (TPSA) is 134 Å². The zero-order valence-electron chi connectivity index (χ0n) is 7.34. The van der Waals surface area contributed by atoms with E-state index in [0.717, 1.165) is 6.92 Å². The maximum absolute atomic E-state index is 9.00. The molecule has 0 aliphatic rings. The van der Waals surface area contributed by atoms with Crippen molar-refractivity contribution in [2.75, 3.05) is 0 Å². The van der Waals surface area contributed by atoms with E-state index >= 15 is 0 Å². The minimum Gasteiger partial charge on any atom is -0.481 e. The van der Waals surface area contributed by atoms with Gasteiger partial charge in [-0.2, -0.15) is 0 Å². The van der Waals surface area contributed by atoms with Crippen molar-refractivity contribution < 1.29 is 15.4 Å². The summed E-state index contributed by atoms with van der Waals surface area (Å²) in [6, 6.07) is 5.72. The molecule has 0 radical (unpaired) electrons. The first-order valence-corrected chi connectivity index (χ1v) is 3.11. The molecule has 0 spiro atoms. The third-order valence-corrected chi connectivity index (χ3v) is 0.566. The van der Waals surface area contributed by atoms with Crippen molar-refractivity contribution in [3.05, 3.63) is 30.6 Å². The molecule has 0 atom stereocenters. The number of hydrazine groups is 1. The lowest BCUT2D eigenvalue weighted by Crippen LogP contribution is -2.02. The molecule has 0 amide bonds. The summed E-state index contributed by atoms with van der Waals surface area (Å²) in [6.07, 6.45) is 3.50. The normalized spacial score (nSPS) is 6.08. The smallest absolute Gasteiger partial charge is 0.300 e. The quantitative estimate of drug-likeness (QED) is 0.361. The summed E-state index contributed by atoms with van der Waals surface area (Å²) in [6.45, 7) is 1.08. The van der Waals surface area contributed by atoms with Crippen molar-refractivity contribution in [1.82, 2.24) is 4.98 Å². The second-order valence-electron chi connectivity index (χ2n) is 1.54. The number of pyridine rings is 1. The van der Waals surface area contributed by atoms with Crippen molar-refractivity contribution in [3.63, 3.8) is 0 Å². The molecule has 1 heterocycles. The second-order valence-corrected chi connectivity index (χ2v) is 1.54. The monoisotopic (exact) mass is 189 g/mol. The van der Waals surface area contributed by atoms with Gasteiger partial charge >= 0.3 is 0 Å². The van der Waals surface area contributed by atoms with Crippen LogP contribution < -0.4 is 11.7 Å². The predicted molar refractivity (Wildman–Crippen MR) is 49.5 cm³/mol. The van der Waals surface area contributed by atoms with Gasteiger partial charge in [0, 0.05) is 19.3 Å². The number of hydrogen-bond acceptors (Lipinski definition) is 4. The minimum atomic E-state index is -0.833. The van der Waals surface area contributed by atoms with Gasteiger partial charge in [0.15, 0.2) is 0 Å². The molecule has 0 aliphatic heterocycles. The Morgan fingerprint density at radius 2 is 1.54 bits per heavy atom. The van der Waals surface area contributed by atoms with E-state index in [1.807, 2.05) is 18.2 Å². The van der Waals surface area contributed by atoms with Crippen LogP contribution in [0, 0.1) is 0 Å². The highest BCUT2D eigenvalue weighted by atomic mass is 16.4. The van der Waals surface area contributed by atoms with Crippen LogP contribution in [-0.4, -0.2) is 21.5 Å². The molecular weight excluding hydrogens is 174 g/mol. The van der Waals surface area contributed by atoms with E-state index in [2.05, 4.69) is 16.7 Å². The number of rotatable bonds is 0. The molecular formula is C7H15N3O3. The molecule has 0 saturated heterocycles. The fourth-order valence-corrected chi connectivity index (χ4v) is 0.313. The van der Waals surface area contributed by atoms with Gasteiger partial charge in [0.05, 0.1) is 0 Å². The van der Waals surface area contributed by atoms with Crippen LogP contribution in [0.5, 0.6) is 0 Å². The molecule has 0 saturated carbocycles. The molecule has 1 aromatic heterocycles. The summed E-state index contributed by atoms with van der Waals surface area (Å²) >= 11 is 0. The fourth-order valence-electron chi connectivity index (χ4n) is 0.313. The lowest BCUT2D eigenvalue weighted by Gasteiger charge is -1.70. The average molecular weight is 189 g/mol. The number of aromatic nitrogens is 1. The van der Waals surface area contributed by atoms with Gasteiger partial charge in [0.2, 0.25) is 0 Å². The highest BCUT2D eigenvalue weighted by molar-refractivity contribution is 5.62. The Kier molecular flexibility index (Phi) is 22.7. The van der Waals surface area contributed by atoms with E-state index in [9.17, 15) is 0 Å². The molecule has 7 N–H and O–H groups in total. The van der Waals surface area contributed by atoms with Gasteiger partial charge < -0.3 is 10.6 Å². The van der Waals surface area contributed by atoms with Gasteiger partial charge in [-0.3, -0.25) is 21.5 Å². The Bertz CT molecular complexity index is 151. The molecule has 76 valence electrons. The van der Waals surface area contributed by atoms with E-state index in [1.54, 1.807) is 12.4 Å². The van der Waals surface area contributed by atoms with Gasteiger partial charge in [-0.15, -0.1) is 0 Å². The Labute approximate surface area is 76.5 Å². The lowest BCUT2D eigenvalue weighted by molar-refractivity contribution is -0.134. The minimum absolute atomic E-state index is 0. The molecule has 0 aliphatic carbocycles. The van der Waals surface area contributed by atoms with Crippen LogP contribution in [0.4, 0.5) is 0 Å². The molecule has 1 rings (SSSR count). The summed E-state index contributed by atoms with van der Waals surface area (Å²) in [4.78, 5) is 12.8. The molecule has 0 fully saturated rings. The van der Waals surface area contributed by atoms with Gasteiger partial charge in [0.25, 0.3) is 5.97 Å². The van der Waals surface area contributed by atoms with Crippen LogP contribution in [-0.2, 0) is 4.79 Å². The summed E-state index contributed by atoms with van der Waals surface area (Å²) in [5.74, 6) is 7.17. The molecule has 0 aromatic carbocycles. The average Bonchev–Trinajstić information content (AvgIpc) is 2.10.